The summed E-state index contributed by atoms with van der Waals surface area (Å²) in [5.41, 5.74) is 5.74. The summed E-state index contributed by atoms with van der Waals surface area (Å²) in [6.07, 6.45) is 1.55. The van der Waals surface area contributed by atoms with E-state index in [0.29, 0.717) is 5.56 Å². The Bertz CT molecular complexity index is 290. The second kappa shape index (κ2) is 2.67. The van der Waals surface area contributed by atoms with E-state index in [0.717, 1.165) is 4.47 Å². The number of halogens is 1. The normalized spacial score (nSPS) is 8.80. The van der Waals surface area contributed by atoms with Gasteiger partial charge in [0.15, 0.2) is 0 Å². The molecule has 1 aromatic heterocycles. The van der Waals surface area contributed by atoms with Crippen LogP contribution in [0, 0.1) is 11.3 Å². The second-order valence-electron chi connectivity index (χ2n) is 1.70. The molecular formula is C6H4BrN3. The Morgan fingerprint density at radius 2 is 2.40 bits per heavy atom. The minimum absolute atomic E-state index is 0.269. The highest BCUT2D eigenvalue weighted by Crippen LogP contribution is 2.13. The Morgan fingerprint density at radius 3 is 2.90 bits per heavy atom. The molecule has 0 unspecified atom stereocenters. The fourth-order valence-electron chi connectivity index (χ4n) is 0.539. The maximum Gasteiger partial charge on any atom is 0.141 e. The van der Waals surface area contributed by atoms with Gasteiger partial charge in [-0.15, -0.1) is 0 Å². The summed E-state index contributed by atoms with van der Waals surface area (Å²) >= 11 is 3.17. The molecule has 0 aliphatic heterocycles. The van der Waals surface area contributed by atoms with Crippen molar-refractivity contribution in [1.29, 1.82) is 5.26 Å². The number of nitrogen functional groups attached to an aromatic ring is 1. The van der Waals surface area contributed by atoms with Crippen molar-refractivity contribution in [2.75, 3.05) is 5.73 Å². The maximum atomic E-state index is 8.45. The Kier molecular flexibility index (Phi) is 1.88. The zero-order valence-corrected chi connectivity index (χ0v) is 6.59. The molecule has 1 heterocycles. The van der Waals surface area contributed by atoms with Crippen LogP contribution in [0.2, 0.25) is 0 Å². The molecular weight excluding hydrogens is 194 g/mol. The summed E-state index contributed by atoms with van der Waals surface area (Å²) in [4.78, 5) is 3.76. The Balaban J connectivity index is 3.25. The van der Waals surface area contributed by atoms with Crippen molar-refractivity contribution in [3.05, 3.63) is 22.3 Å². The lowest BCUT2D eigenvalue weighted by atomic mass is 10.3. The van der Waals surface area contributed by atoms with Gasteiger partial charge in [0.25, 0.3) is 0 Å². The quantitative estimate of drug-likeness (QED) is 0.683. The topological polar surface area (TPSA) is 62.7 Å². The van der Waals surface area contributed by atoms with E-state index in [2.05, 4.69) is 20.9 Å². The van der Waals surface area contributed by atoms with Crippen LogP contribution in [0.15, 0.2) is 16.7 Å². The number of anilines is 1. The molecule has 0 atom stereocenters. The monoisotopic (exact) mass is 197 g/mol. The molecule has 1 rings (SSSR count). The van der Waals surface area contributed by atoms with Crippen molar-refractivity contribution < 1.29 is 0 Å². The van der Waals surface area contributed by atoms with Gasteiger partial charge in [-0.2, -0.15) is 5.26 Å². The van der Waals surface area contributed by atoms with Gasteiger partial charge in [-0.3, -0.25) is 0 Å². The van der Waals surface area contributed by atoms with Crippen molar-refractivity contribution in [2.24, 2.45) is 0 Å². The van der Waals surface area contributed by atoms with Crippen molar-refractivity contribution >= 4 is 21.7 Å². The maximum absolute atomic E-state index is 8.45. The van der Waals surface area contributed by atoms with Crippen LogP contribution >= 0.6 is 15.9 Å². The molecule has 4 heteroatoms. The first kappa shape index (κ1) is 7.03. The van der Waals surface area contributed by atoms with Crippen LogP contribution in [-0.4, -0.2) is 4.98 Å². The lowest BCUT2D eigenvalue weighted by Crippen LogP contribution is -1.93. The molecule has 0 aliphatic carbocycles. The third kappa shape index (κ3) is 1.25. The third-order valence-corrected chi connectivity index (χ3v) is 1.44. The minimum atomic E-state index is 0.269. The van der Waals surface area contributed by atoms with Crippen molar-refractivity contribution in [1.82, 2.24) is 4.98 Å². The number of hydrogen-bond acceptors (Lipinski definition) is 3. The van der Waals surface area contributed by atoms with Crippen LogP contribution in [0.5, 0.6) is 0 Å². The zero-order chi connectivity index (χ0) is 7.56. The lowest BCUT2D eigenvalue weighted by Gasteiger charge is -1.93. The number of aromatic nitrogens is 1. The van der Waals surface area contributed by atoms with Gasteiger partial charge in [-0.25, -0.2) is 4.98 Å². The summed E-state index contributed by atoms with van der Waals surface area (Å²) < 4.78 is 0.762. The lowest BCUT2D eigenvalue weighted by molar-refractivity contribution is 1.29. The van der Waals surface area contributed by atoms with Crippen LogP contribution in [0.1, 0.15) is 5.56 Å². The number of rotatable bonds is 0. The van der Waals surface area contributed by atoms with Gasteiger partial charge >= 0.3 is 0 Å². The Morgan fingerprint density at radius 1 is 1.70 bits per heavy atom. The van der Waals surface area contributed by atoms with Crippen LogP contribution in [-0.2, 0) is 0 Å². The molecule has 10 heavy (non-hydrogen) atoms. The smallest absolute Gasteiger partial charge is 0.141 e. The molecule has 50 valence electrons. The number of pyridine rings is 1. The van der Waals surface area contributed by atoms with Crippen LogP contribution in [0.4, 0.5) is 5.82 Å². The van der Waals surface area contributed by atoms with E-state index >= 15 is 0 Å². The molecule has 0 bridgehead atoms. The summed E-state index contributed by atoms with van der Waals surface area (Å²) in [5.74, 6) is 0.269. The van der Waals surface area contributed by atoms with Gasteiger partial charge < -0.3 is 5.73 Å². The zero-order valence-electron chi connectivity index (χ0n) is 5.00. The summed E-state index contributed by atoms with van der Waals surface area (Å²) in [6, 6.07) is 3.55. The van der Waals surface area contributed by atoms with Crippen LogP contribution in [0.25, 0.3) is 0 Å². The van der Waals surface area contributed by atoms with Gasteiger partial charge in [-0.05, 0) is 22.0 Å². The van der Waals surface area contributed by atoms with Crippen molar-refractivity contribution in [3.8, 4) is 6.07 Å². The Labute approximate surface area is 66.6 Å². The van der Waals surface area contributed by atoms with Gasteiger partial charge in [-0.1, -0.05) is 0 Å². The second-order valence-corrected chi connectivity index (χ2v) is 2.61. The summed E-state index contributed by atoms with van der Waals surface area (Å²) in [6.45, 7) is 0. The molecule has 0 aromatic carbocycles. The first-order valence-corrected chi connectivity index (χ1v) is 3.34. The first-order chi connectivity index (χ1) is 4.74. The summed E-state index contributed by atoms with van der Waals surface area (Å²) in [5, 5.41) is 8.45. The Hall–Kier alpha value is -1.08. The first-order valence-electron chi connectivity index (χ1n) is 2.55. The highest BCUT2D eigenvalue weighted by molar-refractivity contribution is 9.10. The van der Waals surface area contributed by atoms with E-state index in [1.165, 1.54) is 0 Å². The van der Waals surface area contributed by atoms with Crippen LogP contribution < -0.4 is 5.73 Å². The largest absolute Gasteiger partial charge is 0.383 e. The highest BCUT2D eigenvalue weighted by Gasteiger charge is 1.97. The van der Waals surface area contributed by atoms with Crippen LogP contribution in [0.3, 0.4) is 0 Å². The van der Waals surface area contributed by atoms with E-state index in [1.54, 1.807) is 12.3 Å². The fraction of sp³-hybridized carbons (Fsp3) is 0. The molecule has 0 saturated carbocycles. The van der Waals surface area contributed by atoms with E-state index < -0.39 is 0 Å². The van der Waals surface area contributed by atoms with Gasteiger partial charge in [0.2, 0.25) is 0 Å². The average molecular weight is 198 g/mol. The van der Waals surface area contributed by atoms with Gasteiger partial charge in [0.05, 0.1) is 5.56 Å². The average Bonchev–Trinajstić information content (AvgIpc) is 1.94. The SMILES string of the molecule is N#Cc1cc(Br)cnc1N. The molecule has 0 radical (unpaired) electrons. The van der Waals surface area contributed by atoms with Gasteiger partial charge in [0.1, 0.15) is 11.9 Å². The molecule has 2 N–H and O–H groups in total. The fourth-order valence-corrected chi connectivity index (χ4v) is 0.871. The number of nitrogens with two attached hydrogens (primary N) is 1. The highest BCUT2D eigenvalue weighted by atomic mass is 79.9. The van der Waals surface area contributed by atoms with E-state index in [9.17, 15) is 0 Å². The third-order valence-electron chi connectivity index (χ3n) is 1.01. The molecule has 3 nitrogen and oxygen atoms in total. The molecule has 0 saturated heterocycles. The van der Waals surface area contributed by atoms with Crippen molar-refractivity contribution in [2.45, 2.75) is 0 Å². The summed E-state index contributed by atoms with van der Waals surface area (Å²) in [7, 11) is 0. The van der Waals surface area contributed by atoms with Gasteiger partial charge in [0, 0.05) is 10.7 Å². The predicted molar refractivity (Wildman–Crippen MR) is 41.1 cm³/mol. The van der Waals surface area contributed by atoms with Crippen molar-refractivity contribution in [3.63, 3.8) is 0 Å². The number of nitrogens with zero attached hydrogens (tertiary/aromatic N) is 2. The van der Waals surface area contributed by atoms with E-state index in [1.807, 2.05) is 6.07 Å². The minimum Gasteiger partial charge on any atom is -0.383 e. The molecule has 0 spiro atoms. The molecule has 0 fully saturated rings. The van der Waals surface area contributed by atoms with E-state index in [4.69, 9.17) is 11.0 Å². The molecule has 0 aliphatic rings. The standard InChI is InChI=1S/C6H4BrN3/c7-5-1-4(2-8)6(9)10-3-5/h1,3H,(H2,9,10). The number of hydrogen-bond donors (Lipinski definition) is 1. The molecule has 0 amide bonds. The van der Waals surface area contributed by atoms with E-state index in [-0.39, 0.29) is 5.82 Å². The molecule has 1 aromatic rings. The predicted octanol–water partition coefficient (Wildman–Crippen LogP) is 1.30. The number of nitriles is 1.